The SMILES string of the molecule is CC(=O)c1ccc(-c2cccc([N+](=O)[O-])c2)n1S(=O)(=O)c1ccc(C)cc1. The molecule has 1 heterocycles. The number of nitrogens with zero attached hydrogens (tertiary/aromatic N) is 2. The average Bonchev–Trinajstić information content (AvgIpc) is 3.08. The molecule has 2 aromatic carbocycles. The van der Waals surface area contributed by atoms with Gasteiger partial charge in [-0.25, -0.2) is 12.4 Å². The van der Waals surface area contributed by atoms with Crippen molar-refractivity contribution in [2.24, 2.45) is 0 Å². The minimum absolute atomic E-state index is 0.0166. The Labute approximate surface area is 156 Å². The number of Topliss-reactive ketones (excluding diaryl/α,β-unsaturated/α-hetero) is 1. The molecule has 0 fully saturated rings. The molecule has 0 N–H and O–H groups in total. The monoisotopic (exact) mass is 384 g/mol. The summed E-state index contributed by atoms with van der Waals surface area (Å²) in [5.41, 5.74) is 1.22. The maximum atomic E-state index is 13.2. The average molecular weight is 384 g/mol. The van der Waals surface area contributed by atoms with Crippen LogP contribution in [0.3, 0.4) is 0 Å². The van der Waals surface area contributed by atoms with Gasteiger partial charge in [-0.2, -0.15) is 0 Å². The summed E-state index contributed by atoms with van der Waals surface area (Å²) in [6, 6.07) is 14.8. The van der Waals surface area contributed by atoms with Gasteiger partial charge in [0.1, 0.15) is 5.69 Å². The van der Waals surface area contributed by atoms with E-state index in [1.54, 1.807) is 18.2 Å². The predicted molar refractivity (Wildman–Crippen MR) is 100 cm³/mol. The summed E-state index contributed by atoms with van der Waals surface area (Å²) in [6.07, 6.45) is 0. The van der Waals surface area contributed by atoms with Crippen LogP contribution in [0.1, 0.15) is 23.0 Å². The number of non-ortho nitro benzene ring substituents is 1. The predicted octanol–water partition coefficient (Wildman–Crippen LogP) is 3.81. The Kier molecular flexibility index (Phi) is 4.67. The molecule has 0 aliphatic rings. The summed E-state index contributed by atoms with van der Waals surface area (Å²) >= 11 is 0. The third kappa shape index (κ3) is 3.39. The molecule has 1 aromatic heterocycles. The first kappa shape index (κ1) is 18.5. The molecule has 0 spiro atoms. The molecule has 0 saturated carbocycles. The van der Waals surface area contributed by atoms with Gasteiger partial charge in [0.2, 0.25) is 0 Å². The van der Waals surface area contributed by atoms with Crippen molar-refractivity contribution in [1.82, 2.24) is 3.97 Å². The number of aryl methyl sites for hydroxylation is 1. The lowest BCUT2D eigenvalue weighted by molar-refractivity contribution is -0.384. The van der Waals surface area contributed by atoms with E-state index in [1.807, 2.05) is 6.92 Å². The van der Waals surface area contributed by atoms with Crippen LogP contribution in [0, 0.1) is 17.0 Å². The summed E-state index contributed by atoms with van der Waals surface area (Å²) in [5.74, 6) is -0.428. The van der Waals surface area contributed by atoms with Crippen molar-refractivity contribution in [3.05, 3.63) is 82.0 Å². The van der Waals surface area contributed by atoms with E-state index in [9.17, 15) is 23.3 Å². The lowest BCUT2D eigenvalue weighted by atomic mass is 10.1. The zero-order chi connectivity index (χ0) is 19.8. The van der Waals surface area contributed by atoms with Crippen molar-refractivity contribution in [1.29, 1.82) is 0 Å². The molecule has 0 aliphatic heterocycles. The zero-order valence-electron chi connectivity index (χ0n) is 14.6. The highest BCUT2D eigenvalue weighted by atomic mass is 32.2. The quantitative estimate of drug-likeness (QED) is 0.378. The first-order valence-corrected chi connectivity index (χ1v) is 9.45. The third-order valence-corrected chi connectivity index (χ3v) is 5.85. The highest BCUT2D eigenvalue weighted by molar-refractivity contribution is 7.90. The number of hydrogen-bond acceptors (Lipinski definition) is 5. The normalized spacial score (nSPS) is 11.3. The Morgan fingerprint density at radius 1 is 1.04 bits per heavy atom. The van der Waals surface area contributed by atoms with E-state index < -0.39 is 20.7 Å². The summed E-state index contributed by atoms with van der Waals surface area (Å²) in [5, 5.41) is 11.1. The molecule has 3 aromatic rings. The Morgan fingerprint density at radius 3 is 2.30 bits per heavy atom. The van der Waals surface area contributed by atoms with Gasteiger partial charge in [0.25, 0.3) is 15.7 Å². The Balaban J connectivity index is 2.27. The number of nitro groups is 1. The molecule has 7 nitrogen and oxygen atoms in total. The molecule has 3 rings (SSSR count). The van der Waals surface area contributed by atoms with Crippen LogP contribution in [-0.4, -0.2) is 23.1 Å². The second-order valence-corrected chi connectivity index (χ2v) is 7.84. The Hall–Kier alpha value is -3.26. The first-order valence-electron chi connectivity index (χ1n) is 8.01. The van der Waals surface area contributed by atoms with E-state index in [4.69, 9.17) is 0 Å². The van der Waals surface area contributed by atoms with Crippen molar-refractivity contribution < 1.29 is 18.1 Å². The second kappa shape index (κ2) is 6.81. The van der Waals surface area contributed by atoms with Crippen LogP contribution in [0.15, 0.2) is 65.6 Å². The number of carbonyl (C=O) groups excluding carboxylic acids is 1. The number of aromatic nitrogens is 1. The van der Waals surface area contributed by atoms with Crippen LogP contribution in [0.5, 0.6) is 0 Å². The molecule has 0 unspecified atom stereocenters. The zero-order valence-corrected chi connectivity index (χ0v) is 15.4. The van der Waals surface area contributed by atoms with Gasteiger partial charge in [-0.1, -0.05) is 29.8 Å². The van der Waals surface area contributed by atoms with E-state index in [-0.39, 0.29) is 22.0 Å². The van der Waals surface area contributed by atoms with Crippen molar-refractivity contribution in [2.75, 3.05) is 0 Å². The lowest BCUT2D eigenvalue weighted by Crippen LogP contribution is -2.18. The van der Waals surface area contributed by atoms with Crippen LogP contribution < -0.4 is 0 Å². The molecule has 0 amide bonds. The van der Waals surface area contributed by atoms with E-state index >= 15 is 0 Å². The number of benzene rings is 2. The van der Waals surface area contributed by atoms with E-state index in [0.29, 0.717) is 5.56 Å². The fraction of sp³-hybridized carbons (Fsp3) is 0.105. The Bertz CT molecular complexity index is 1150. The van der Waals surface area contributed by atoms with Gasteiger partial charge in [0, 0.05) is 24.6 Å². The molecule has 8 heteroatoms. The van der Waals surface area contributed by atoms with Crippen molar-refractivity contribution in [3.63, 3.8) is 0 Å². The maximum Gasteiger partial charge on any atom is 0.270 e. The molecule has 27 heavy (non-hydrogen) atoms. The number of carbonyl (C=O) groups is 1. The third-order valence-electron chi connectivity index (χ3n) is 4.11. The summed E-state index contributed by atoms with van der Waals surface area (Å²) in [6.45, 7) is 3.11. The molecule has 0 aliphatic carbocycles. The highest BCUT2D eigenvalue weighted by Crippen LogP contribution is 2.30. The topological polar surface area (TPSA) is 99.3 Å². The van der Waals surface area contributed by atoms with Crippen LogP contribution >= 0.6 is 0 Å². The van der Waals surface area contributed by atoms with Gasteiger partial charge in [-0.3, -0.25) is 14.9 Å². The molecule has 0 radical (unpaired) electrons. The van der Waals surface area contributed by atoms with Crippen molar-refractivity contribution in [2.45, 2.75) is 18.7 Å². The van der Waals surface area contributed by atoms with Crippen LogP contribution in [0.4, 0.5) is 5.69 Å². The van der Waals surface area contributed by atoms with E-state index in [1.165, 1.54) is 49.4 Å². The van der Waals surface area contributed by atoms with Gasteiger partial charge in [-0.15, -0.1) is 0 Å². The summed E-state index contributed by atoms with van der Waals surface area (Å²) < 4.78 is 27.4. The molecular weight excluding hydrogens is 368 g/mol. The maximum absolute atomic E-state index is 13.2. The van der Waals surface area contributed by atoms with Crippen LogP contribution in [0.25, 0.3) is 11.3 Å². The minimum Gasteiger partial charge on any atom is -0.293 e. The molecular formula is C19H16N2O5S. The first-order chi connectivity index (χ1) is 12.7. The summed E-state index contributed by atoms with van der Waals surface area (Å²) in [4.78, 5) is 22.6. The van der Waals surface area contributed by atoms with Crippen molar-refractivity contribution >= 4 is 21.5 Å². The molecule has 138 valence electrons. The van der Waals surface area contributed by atoms with Crippen LogP contribution in [0.2, 0.25) is 0 Å². The van der Waals surface area contributed by atoms with Gasteiger partial charge in [-0.05, 0) is 31.2 Å². The number of rotatable bonds is 5. The number of ketones is 1. The standard InChI is InChI=1S/C19H16N2O5S/c1-13-6-8-17(9-7-13)27(25,26)20-18(14(2)22)10-11-19(20)15-4-3-5-16(12-15)21(23)24/h3-12H,1-2H3. The van der Waals surface area contributed by atoms with Gasteiger partial charge in [0.15, 0.2) is 5.78 Å². The highest BCUT2D eigenvalue weighted by Gasteiger charge is 2.26. The second-order valence-electron chi connectivity index (χ2n) is 6.05. The fourth-order valence-electron chi connectivity index (χ4n) is 2.75. The lowest BCUT2D eigenvalue weighted by Gasteiger charge is -2.13. The minimum atomic E-state index is -4.07. The largest absolute Gasteiger partial charge is 0.293 e. The van der Waals surface area contributed by atoms with Gasteiger partial charge in [0.05, 0.1) is 15.5 Å². The fourth-order valence-corrected chi connectivity index (χ4v) is 4.31. The van der Waals surface area contributed by atoms with Gasteiger partial charge < -0.3 is 0 Å². The molecule has 0 atom stereocenters. The molecule has 0 saturated heterocycles. The van der Waals surface area contributed by atoms with Crippen LogP contribution in [-0.2, 0) is 10.0 Å². The van der Waals surface area contributed by atoms with E-state index in [0.717, 1.165) is 9.54 Å². The van der Waals surface area contributed by atoms with Crippen molar-refractivity contribution in [3.8, 4) is 11.3 Å². The number of nitro benzene ring substituents is 1. The van der Waals surface area contributed by atoms with Gasteiger partial charge >= 0.3 is 0 Å². The molecule has 0 bridgehead atoms. The summed E-state index contributed by atoms with van der Waals surface area (Å²) in [7, 11) is -4.07. The van der Waals surface area contributed by atoms with E-state index in [2.05, 4.69) is 0 Å². The smallest absolute Gasteiger partial charge is 0.270 e. The number of hydrogen-bond donors (Lipinski definition) is 0. The Morgan fingerprint density at radius 2 is 1.70 bits per heavy atom.